The molecular formula is C13H15ClO5. The Hall–Kier alpha value is -1.46. The predicted molar refractivity (Wildman–Crippen MR) is 68.8 cm³/mol. The van der Waals surface area contributed by atoms with Crippen LogP contribution in [0.4, 0.5) is 0 Å². The second kappa shape index (κ2) is 5.67. The minimum absolute atomic E-state index is 0.373. The van der Waals surface area contributed by atoms with Gasteiger partial charge in [0.15, 0.2) is 17.6 Å². The van der Waals surface area contributed by atoms with Gasteiger partial charge in [0.05, 0.1) is 12.1 Å². The molecule has 0 bridgehead atoms. The first-order valence-corrected chi connectivity index (χ1v) is 6.34. The van der Waals surface area contributed by atoms with E-state index in [-0.39, 0.29) is 0 Å². The summed E-state index contributed by atoms with van der Waals surface area (Å²) in [7, 11) is 1.22. The fourth-order valence-corrected chi connectivity index (χ4v) is 2.44. The number of halogens is 1. The van der Waals surface area contributed by atoms with E-state index in [2.05, 4.69) is 4.74 Å². The van der Waals surface area contributed by atoms with E-state index < -0.39 is 12.1 Å². The van der Waals surface area contributed by atoms with E-state index in [1.54, 1.807) is 6.07 Å². The normalized spacial score (nSPS) is 14.9. The maximum absolute atomic E-state index is 11.5. The number of rotatable bonds is 3. The largest absolute Gasteiger partial charge is 0.486 e. The van der Waals surface area contributed by atoms with Crippen LogP contribution in [-0.2, 0) is 16.0 Å². The molecule has 0 fully saturated rings. The number of fused-ring (bicyclic) bond motifs is 1. The van der Waals surface area contributed by atoms with Crippen LogP contribution in [0.25, 0.3) is 0 Å². The van der Waals surface area contributed by atoms with Crippen molar-refractivity contribution in [2.24, 2.45) is 0 Å². The quantitative estimate of drug-likeness (QED) is 0.860. The third kappa shape index (κ3) is 2.48. The molecular weight excluding hydrogens is 272 g/mol. The van der Waals surface area contributed by atoms with Gasteiger partial charge in [-0.15, -0.1) is 0 Å². The Morgan fingerprint density at radius 3 is 2.84 bits per heavy atom. The lowest BCUT2D eigenvalue weighted by molar-refractivity contribution is -0.150. The molecule has 0 saturated heterocycles. The molecule has 1 aliphatic heterocycles. The fourth-order valence-electron chi connectivity index (χ4n) is 2.04. The van der Waals surface area contributed by atoms with Crippen LogP contribution in [0.5, 0.6) is 11.5 Å². The molecule has 5 nitrogen and oxygen atoms in total. The van der Waals surface area contributed by atoms with Gasteiger partial charge in [0.2, 0.25) is 0 Å². The third-order valence-electron chi connectivity index (χ3n) is 2.98. The second-order valence-corrected chi connectivity index (χ2v) is 4.44. The molecule has 19 heavy (non-hydrogen) atoms. The van der Waals surface area contributed by atoms with E-state index in [4.69, 9.17) is 21.1 Å². The summed E-state index contributed by atoms with van der Waals surface area (Å²) >= 11 is 6.26. The average molecular weight is 287 g/mol. The minimum Gasteiger partial charge on any atom is -0.486 e. The number of aliphatic hydroxyl groups excluding tert-OH is 1. The number of benzene rings is 1. The number of methoxy groups -OCH3 is 1. The van der Waals surface area contributed by atoms with Gasteiger partial charge in [-0.3, -0.25) is 0 Å². The monoisotopic (exact) mass is 286 g/mol. The Morgan fingerprint density at radius 1 is 1.53 bits per heavy atom. The molecule has 104 valence electrons. The van der Waals surface area contributed by atoms with Gasteiger partial charge in [0, 0.05) is 5.56 Å². The molecule has 1 N–H and O–H groups in total. The van der Waals surface area contributed by atoms with Crippen LogP contribution in [-0.4, -0.2) is 31.4 Å². The fraction of sp³-hybridized carbons (Fsp3) is 0.462. The first kappa shape index (κ1) is 14.0. The maximum Gasteiger partial charge on any atom is 0.339 e. The maximum atomic E-state index is 11.5. The van der Waals surface area contributed by atoms with E-state index in [0.29, 0.717) is 47.3 Å². The third-order valence-corrected chi connectivity index (χ3v) is 3.38. The van der Waals surface area contributed by atoms with Crippen LogP contribution >= 0.6 is 11.6 Å². The average Bonchev–Trinajstić information content (AvgIpc) is 2.45. The van der Waals surface area contributed by atoms with Crippen molar-refractivity contribution in [1.29, 1.82) is 0 Å². The Kier molecular flexibility index (Phi) is 4.17. The zero-order valence-corrected chi connectivity index (χ0v) is 11.5. The Bertz CT molecular complexity index is 500. The summed E-state index contributed by atoms with van der Waals surface area (Å²) in [4.78, 5) is 11.5. The number of ether oxygens (including phenoxy) is 3. The van der Waals surface area contributed by atoms with Crippen LogP contribution in [0.3, 0.4) is 0 Å². The minimum atomic E-state index is -1.38. The molecule has 1 unspecified atom stereocenters. The van der Waals surface area contributed by atoms with Gasteiger partial charge in [0.25, 0.3) is 0 Å². The highest BCUT2D eigenvalue weighted by molar-refractivity contribution is 6.33. The van der Waals surface area contributed by atoms with Gasteiger partial charge < -0.3 is 19.3 Å². The number of hydrogen-bond donors (Lipinski definition) is 1. The van der Waals surface area contributed by atoms with E-state index in [0.717, 1.165) is 0 Å². The van der Waals surface area contributed by atoms with E-state index >= 15 is 0 Å². The number of carbonyl (C=O) groups is 1. The van der Waals surface area contributed by atoms with Crippen LogP contribution in [0, 0.1) is 0 Å². The van der Waals surface area contributed by atoms with Crippen LogP contribution < -0.4 is 9.47 Å². The molecule has 0 amide bonds. The molecule has 2 rings (SSSR count). The smallest absolute Gasteiger partial charge is 0.339 e. The molecule has 1 aromatic rings. The van der Waals surface area contributed by atoms with Crippen molar-refractivity contribution < 1.29 is 24.1 Å². The van der Waals surface area contributed by atoms with Crippen molar-refractivity contribution in [1.82, 2.24) is 0 Å². The molecule has 6 heteroatoms. The van der Waals surface area contributed by atoms with Gasteiger partial charge in [-0.1, -0.05) is 18.5 Å². The van der Waals surface area contributed by atoms with Crippen molar-refractivity contribution in [3.05, 3.63) is 22.2 Å². The summed E-state index contributed by atoms with van der Waals surface area (Å²) in [5, 5.41) is 10.4. The summed E-state index contributed by atoms with van der Waals surface area (Å²) < 4.78 is 15.4. The highest BCUT2D eigenvalue weighted by Crippen LogP contribution is 2.43. The molecule has 1 aromatic carbocycles. The Balaban J connectivity index is 2.54. The highest BCUT2D eigenvalue weighted by Gasteiger charge is 2.27. The van der Waals surface area contributed by atoms with Crippen molar-refractivity contribution >= 4 is 17.6 Å². The van der Waals surface area contributed by atoms with E-state index in [1.165, 1.54) is 7.11 Å². The zero-order chi connectivity index (χ0) is 14.0. The first-order valence-electron chi connectivity index (χ1n) is 5.96. The lowest BCUT2D eigenvalue weighted by Gasteiger charge is -2.23. The molecule has 0 aromatic heterocycles. The molecule has 0 aliphatic carbocycles. The highest BCUT2D eigenvalue weighted by atomic mass is 35.5. The van der Waals surface area contributed by atoms with Crippen LogP contribution in [0.1, 0.15) is 24.2 Å². The summed E-state index contributed by atoms with van der Waals surface area (Å²) in [6, 6.07) is 1.58. The number of esters is 1. The predicted octanol–water partition coefficient (Wildman–Crippen LogP) is 1.88. The van der Waals surface area contributed by atoms with Crippen LogP contribution in [0.2, 0.25) is 5.02 Å². The van der Waals surface area contributed by atoms with Crippen molar-refractivity contribution in [2.75, 3.05) is 20.3 Å². The standard InChI is InChI=1S/C13H15ClO5/c1-3-7-8(11(15)13(16)17-2)6-9-12(10(7)14)19-5-4-18-9/h6,11,15H,3-5H2,1-2H3. The summed E-state index contributed by atoms with van der Waals surface area (Å²) in [5.41, 5.74) is 1.05. The van der Waals surface area contributed by atoms with Gasteiger partial charge in [-0.25, -0.2) is 4.79 Å². The number of aliphatic hydroxyl groups is 1. The van der Waals surface area contributed by atoms with Gasteiger partial charge in [-0.05, 0) is 18.1 Å². The van der Waals surface area contributed by atoms with E-state index in [1.807, 2.05) is 6.92 Å². The van der Waals surface area contributed by atoms with Gasteiger partial charge >= 0.3 is 5.97 Å². The van der Waals surface area contributed by atoms with Crippen molar-refractivity contribution in [3.8, 4) is 11.5 Å². The second-order valence-electron chi connectivity index (χ2n) is 4.06. The molecule has 1 atom stereocenters. The number of hydrogen-bond acceptors (Lipinski definition) is 5. The molecule has 1 heterocycles. The van der Waals surface area contributed by atoms with Crippen LogP contribution in [0.15, 0.2) is 6.07 Å². The molecule has 1 aliphatic rings. The summed E-state index contributed by atoms with van der Waals surface area (Å²) in [6.45, 7) is 2.71. The Labute approximate surface area is 116 Å². The SMILES string of the molecule is CCc1c(C(O)C(=O)OC)cc2c(c1Cl)OCCO2. The summed E-state index contributed by atoms with van der Waals surface area (Å²) in [6.07, 6.45) is -0.827. The number of carbonyl (C=O) groups excluding carboxylic acids is 1. The van der Waals surface area contributed by atoms with Gasteiger partial charge in [0.1, 0.15) is 13.2 Å². The molecule has 0 saturated carbocycles. The lowest BCUT2D eigenvalue weighted by Crippen LogP contribution is -2.19. The zero-order valence-electron chi connectivity index (χ0n) is 10.7. The van der Waals surface area contributed by atoms with E-state index in [9.17, 15) is 9.90 Å². The molecule has 0 spiro atoms. The van der Waals surface area contributed by atoms with Crippen molar-refractivity contribution in [3.63, 3.8) is 0 Å². The Morgan fingerprint density at radius 2 is 2.21 bits per heavy atom. The topological polar surface area (TPSA) is 65.0 Å². The molecule has 0 radical (unpaired) electrons. The van der Waals surface area contributed by atoms with Gasteiger partial charge in [-0.2, -0.15) is 0 Å². The van der Waals surface area contributed by atoms with Crippen molar-refractivity contribution in [2.45, 2.75) is 19.4 Å². The first-order chi connectivity index (χ1) is 9.10. The lowest BCUT2D eigenvalue weighted by atomic mass is 9.99. The summed E-state index contributed by atoms with van der Waals surface area (Å²) in [5.74, 6) is 0.166.